The lowest BCUT2D eigenvalue weighted by Crippen LogP contribution is -2.36. The number of rotatable bonds is 11. The van der Waals surface area contributed by atoms with Crippen LogP contribution in [-0.4, -0.2) is 55.3 Å². The number of aromatic hydroxyl groups is 1. The maximum absolute atomic E-state index is 13.1. The molecule has 2 N–H and O–H groups in total. The minimum absolute atomic E-state index is 0.0196. The van der Waals surface area contributed by atoms with Crippen molar-refractivity contribution in [2.45, 2.75) is 58.7 Å². The number of methoxy groups -OCH3 is 2. The lowest BCUT2D eigenvalue weighted by Gasteiger charge is -2.25. The summed E-state index contributed by atoms with van der Waals surface area (Å²) in [7, 11) is 3.17. The predicted octanol–water partition coefficient (Wildman–Crippen LogP) is 5.79. The molecule has 1 heterocycles. The van der Waals surface area contributed by atoms with Crippen molar-refractivity contribution in [2.75, 3.05) is 27.4 Å². The van der Waals surface area contributed by atoms with Crippen molar-refractivity contribution in [3.05, 3.63) is 76.9 Å². The molecule has 0 spiro atoms. The second-order valence-electron chi connectivity index (χ2n) is 10.5. The van der Waals surface area contributed by atoms with E-state index in [4.69, 9.17) is 14.2 Å². The molecular formula is C33H40N2O6. The molecule has 0 aromatic heterocycles. The first-order valence-corrected chi connectivity index (χ1v) is 14.1. The SMILES string of the molecule is CCOC(=O)c1ccc([C@H](C)NC(=O)C[C@H]2CCCN2Cc2cc(OC)cc(-c3ccc(O)cc3C)c2)cc1OC. The lowest BCUT2D eigenvalue weighted by atomic mass is 9.98. The number of hydrogen-bond acceptors (Lipinski definition) is 7. The minimum atomic E-state index is -0.435. The van der Waals surface area contributed by atoms with Crippen LogP contribution in [0.4, 0.5) is 0 Å². The Balaban J connectivity index is 1.42. The molecule has 41 heavy (non-hydrogen) atoms. The number of nitrogens with one attached hydrogen (secondary N) is 1. The smallest absolute Gasteiger partial charge is 0.341 e. The Morgan fingerprint density at radius 1 is 1.07 bits per heavy atom. The molecule has 0 radical (unpaired) electrons. The largest absolute Gasteiger partial charge is 0.508 e. The number of amides is 1. The Morgan fingerprint density at radius 2 is 1.88 bits per heavy atom. The van der Waals surface area contributed by atoms with Gasteiger partial charge in [-0.3, -0.25) is 9.69 Å². The van der Waals surface area contributed by atoms with Crippen LogP contribution in [0.15, 0.2) is 54.6 Å². The summed E-state index contributed by atoms with van der Waals surface area (Å²) in [5.41, 5.74) is 5.38. The van der Waals surface area contributed by atoms with Crippen molar-refractivity contribution < 1.29 is 28.9 Å². The maximum Gasteiger partial charge on any atom is 0.341 e. The first-order chi connectivity index (χ1) is 19.7. The van der Waals surface area contributed by atoms with Gasteiger partial charge in [0.2, 0.25) is 5.91 Å². The van der Waals surface area contributed by atoms with Gasteiger partial charge in [-0.05, 0) is 110 Å². The molecule has 1 fully saturated rings. The number of phenolic OH excluding ortho intramolecular Hbond substituents is 1. The number of phenols is 1. The van der Waals surface area contributed by atoms with Gasteiger partial charge in [0.1, 0.15) is 22.8 Å². The minimum Gasteiger partial charge on any atom is -0.508 e. The van der Waals surface area contributed by atoms with E-state index < -0.39 is 5.97 Å². The summed E-state index contributed by atoms with van der Waals surface area (Å²) in [6, 6.07) is 16.7. The number of likely N-dealkylation sites (tertiary alicyclic amines) is 1. The number of hydrogen-bond donors (Lipinski definition) is 2. The van der Waals surface area contributed by atoms with Crippen molar-refractivity contribution in [1.82, 2.24) is 10.2 Å². The zero-order valence-electron chi connectivity index (χ0n) is 24.5. The van der Waals surface area contributed by atoms with Gasteiger partial charge in [0.05, 0.1) is 26.9 Å². The summed E-state index contributed by atoms with van der Waals surface area (Å²) in [4.78, 5) is 27.7. The quantitative estimate of drug-likeness (QED) is 0.286. The van der Waals surface area contributed by atoms with Gasteiger partial charge in [-0.25, -0.2) is 4.79 Å². The van der Waals surface area contributed by atoms with Gasteiger partial charge in [-0.15, -0.1) is 0 Å². The molecule has 3 aromatic rings. The van der Waals surface area contributed by atoms with E-state index in [0.717, 1.165) is 53.0 Å². The van der Waals surface area contributed by atoms with Gasteiger partial charge in [-0.1, -0.05) is 12.1 Å². The molecule has 1 aliphatic rings. The van der Waals surface area contributed by atoms with E-state index in [1.807, 2.05) is 38.1 Å². The van der Waals surface area contributed by atoms with Crippen molar-refractivity contribution in [2.24, 2.45) is 0 Å². The third-order valence-electron chi connectivity index (χ3n) is 7.63. The van der Waals surface area contributed by atoms with Crippen LogP contribution in [0.1, 0.15) is 66.2 Å². The van der Waals surface area contributed by atoms with Gasteiger partial charge < -0.3 is 24.6 Å². The van der Waals surface area contributed by atoms with Crippen LogP contribution in [0.2, 0.25) is 0 Å². The Bertz CT molecular complexity index is 1390. The number of carbonyl (C=O) groups excluding carboxylic acids is 2. The van der Waals surface area contributed by atoms with E-state index in [1.165, 1.54) is 7.11 Å². The molecule has 2 atom stereocenters. The third-order valence-corrected chi connectivity index (χ3v) is 7.63. The first kappa shape index (κ1) is 29.9. The highest BCUT2D eigenvalue weighted by Gasteiger charge is 2.28. The second-order valence-corrected chi connectivity index (χ2v) is 10.5. The van der Waals surface area contributed by atoms with E-state index in [0.29, 0.717) is 24.3 Å². The molecule has 8 heteroatoms. The highest BCUT2D eigenvalue weighted by Crippen LogP contribution is 2.32. The zero-order chi connectivity index (χ0) is 29.5. The highest BCUT2D eigenvalue weighted by atomic mass is 16.5. The van der Waals surface area contributed by atoms with Gasteiger partial charge in [0, 0.05) is 19.0 Å². The fourth-order valence-electron chi connectivity index (χ4n) is 5.52. The molecule has 0 bridgehead atoms. The number of benzene rings is 3. The third kappa shape index (κ3) is 7.38. The van der Waals surface area contributed by atoms with Gasteiger partial charge in [0.15, 0.2) is 0 Å². The fraction of sp³-hybridized carbons (Fsp3) is 0.394. The van der Waals surface area contributed by atoms with Crippen LogP contribution in [0.5, 0.6) is 17.2 Å². The number of nitrogens with zero attached hydrogens (tertiary/aromatic N) is 1. The molecule has 8 nitrogen and oxygen atoms in total. The molecule has 0 unspecified atom stereocenters. The van der Waals surface area contributed by atoms with Gasteiger partial charge >= 0.3 is 5.97 Å². The molecule has 0 saturated carbocycles. The van der Waals surface area contributed by atoms with Crippen LogP contribution in [0, 0.1) is 6.92 Å². The fourth-order valence-corrected chi connectivity index (χ4v) is 5.52. The summed E-state index contributed by atoms with van der Waals surface area (Å²) in [5.74, 6) is 0.986. The summed E-state index contributed by atoms with van der Waals surface area (Å²) in [5, 5.41) is 13.0. The van der Waals surface area contributed by atoms with E-state index in [-0.39, 0.29) is 30.3 Å². The monoisotopic (exact) mass is 560 g/mol. The summed E-state index contributed by atoms with van der Waals surface area (Å²) >= 11 is 0. The van der Waals surface area contributed by atoms with Crippen LogP contribution in [-0.2, 0) is 16.1 Å². The predicted molar refractivity (Wildman–Crippen MR) is 158 cm³/mol. The second kappa shape index (κ2) is 13.5. The lowest BCUT2D eigenvalue weighted by molar-refractivity contribution is -0.122. The number of esters is 1. The van der Waals surface area contributed by atoms with Crippen LogP contribution >= 0.6 is 0 Å². The van der Waals surface area contributed by atoms with Crippen LogP contribution in [0.3, 0.4) is 0 Å². The van der Waals surface area contributed by atoms with E-state index in [2.05, 4.69) is 16.3 Å². The van der Waals surface area contributed by atoms with Gasteiger partial charge in [0.25, 0.3) is 0 Å². The Labute approximate surface area is 242 Å². The Hall–Kier alpha value is -4.04. The molecular weight excluding hydrogens is 520 g/mol. The van der Waals surface area contributed by atoms with E-state index in [9.17, 15) is 14.7 Å². The van der Waals surface area contributed by atoms with E-state index >= 15 is 0 Å². The normalized spacial score (nSPS) is 15.8. The van der Waals surface area contributed by atoms with Gasteiger partial charge in [-0.2, -0.15) is 0 Å². The maximum atomic E-state index is 13.1. The number of aryl methyl sites for hydroxylation is 1. The van der Waals surface area contributed by atoms with Crippen molar-refractivity contribution in [3.63, 3.8) is 0 Å². The van der Waals surface area contributed by atoms with Crippen LogP contribution < -0.4 is 14.8 Å². The molecule has 1 aliphatic heterocycles. The summed E-state index contributed by atoms with van der Waals surface area (Å²) in [6.07, 6.45) is 2.39. The highest BCUT2D eigenvalue weighted by molar-refractivity contribution is 5.92. The van der Waals surface area contributed by atoms with Crippen molar-refractivity contribution in [1.29, 1.82) is 0 Å². The topological polar surface area (TPSA) is 97.3 Å². The first-order valence-electron chi connectivity index (χ1n) is 14.1. The van der Waals surface area contributed by atoms with Crippen molar-refractivity contribution >= 4 is 11.9 Å². The molecule has 218 valence electrons. The standard InChI is InChI=1S/C33H40N2O6/c1-6-41-33(38)30-11-9-24(18-31(30)40-5)22(3)34-32(37)19-26-8-7-13-35(26)20-23-15-25(17-28(16-23)39-4)29-12-10-27(36)14-21(29)2/h9-12,14-18,22,26,36H,6-8,13,19-20H2,1-5H3,(H,34,37)/t22-,26+/m0/s1. The summed E-state index contributed by atoms with van der Waals surface area (Å²) < 4.78 is 16.1. The zero-order valence-corrected chi connectivity index (χ0v) is 24.5. The van der Waals surface area contributed by atoms with E-state index in [1.54, 1.807) is 38.3 Å². The molecule has 3 aromatic carbocycles. The Kier molecular flexibility index (Phi) is 9.89. The average Bonchev–Trinajstić information content (AvgIpc) is 3.38. The number of carbonyl (C=O) groups is 2. The van der Waals surface area contributed by atoms with Crippen molar-refractivity contribution in [3.8, 4) is 28.4 Å². The molecule has 4 rings (SSSR count). The number of ether oxygens (including phenoxy) is 3. The Morgan fingerprint density at radius 3 is 2.59 bits per heavy atom. The van der Waals surface area contributed by atoms with Crippen LogP contribution in [0.25, 0.3) is 11.1 Å². The molecule has 0 aliphatic carbocycles. The summed E-state index contributed by atoms with van der Waals surface area (Å²) in [6.45, 7) is 7.58. The molecule has 1 amide bonds. The average molecular weight is 561 g/mol. The molecule has 1 saturated heterocycles.